The largest absolute Gasteiger partial charge is 0.294 e. The van der Waals surface area contributed by atoms with E-state index in [2.05, 4.69) is 4.72 Å². The minimum atomic E-state index is -3.93. The predicted octanol–water partition coefficient (Wildman–Crippen LogP) is 2.11. The number of ketones is 1. The molecule has 0 atom stereocenters. The molecule has 4 nitrogen and oxygen atoms in total. The van der Waals surface area contributed by atoms with Gasteiger partial charge in [-0.1, -0.05) is 0 Å². The average molecular weight is 285 g/mol. The zero-order valence-corrected chi connectivity index (χ0v) is 11.6. The number of carbonyl (C=O) groups is 1. The Hall–Kier alpha value is -1.27. The molecule has 0 bridgehead atoms. The third kappa shape index (κ3) is 3.19. The topological polar surface area (TPSA) is 63.2 Å². The van der Waals surface area contributed by atoms with Crippen LogP contribution in [-0.4, -0.2) is 20.2 Å². The highest BCUT2D eigenvalue weighted by Gasteiger charge is 2.31. The Bertz CT molecular complexity index is 606. The molecule has 1 saturated carbocycles. The van der Waals surface area contributed by atoms with Crippen molar-refractivity contribution in [1.29, 1.82) is 0 Å². The fourth-order valence-electron chi connectivity index (χ4n) is 1.82. The van der Waals surface area contributed by atoms with Gasteiger partial charge in [-0.3, -0.25) is 4.79 Å². The van der Waals surface area contributed by atoms with Gasteiger partial charge < -0.3 is 0 Å². The van der Waals surface area contributed by atoms with Crippen molar-refractivity contribution in [3.63, 3.8) is 0 Å². The van der Waals surface area contributed by atoms with Crippen molar-refractivity contribution in [1.82, 2.24) is 4.72 Å². The first-order valence-electron chi connectivity index (χ1n) is 6.17. The van der Waals surface area contributed by atoms with E-state index in [9.17, 15) is 17.6 Å². The molecule has 0 heterocycles. The van der Waals surface area contributed by atoms with Crippen molar-refractivity contribution in [2.75, 3.05) is 0 Å². The van der Waals surface area contributed by atoms with Crippen LogP contribution in [0.15, 0.2) is 23.1 Å². The Morgan fingerprint density at radius 1 is 1.37 bits per heavy atom. The van der Waals surface area contributed by atoms with Crippen molar-refractivity contribution in [2.45, 2.75) is 37.6 Å². The van der Waals surface area contributed by atoms with Crippen LogP contribution in [0.1, 0.15) is 37.0 Å². The Balaban J connectivity index is 2.39. The highest BCUT2D eigenvalue weighted by Crippen LogP contribution is 2.33. The zero-order valence-electron chi connectivity index (χ0n) is 10.8. The molecule has 1 aliphatic rings. The standard InChI is InChI=1S/C13H16FNO3S/c1-8(2)15-19(17,18)12-7-10(5-6-11(12)14)13(16)9-3-4-9/h5-9,15H,3-4H2,1-2H3. The molecule has 0 radical (unpaired) electrons. The van der Waals surface area contributed by atoms with Gasteiger partial charge in [0.25, 0.3) is 0 Å². The van der Waals surface area contributed by atoms with Crippen LogP contribution in [0.3, 0.4) is 0 Å². The first-order valence-corrected chi connectivity index (χ1v) is 7.65. The van der Waals surface area contributed by atoms with E-state index in [-0.39, 0.29) is 23.3 Å². The second-order valence-electron chi connectivity index (χ2n) is 5.06. The fourth-order valence-corrected chi connectivity index (χ4v) is 3.17. The maximum atomic E-state index is 13.7. The Morgan fingerprint density at radius 2 is 2.00 bits per heavy atom. The fraction of sp³-hybridized carbons (Fsp3) is 0.462. The third-order valence-electron chi connectivity index (χ3n) is 2.84. The van der Waals surface area contributed by atoms with E-state index < -0.39 is 20.7 Å². The van der Waals surface area contributed by atoms with E-state index in [1.807, 2.05) is 0 Å². The van der Waals surface area contributed by atoms with E-state index in [4.69, 9.17) is 0 Å². The smallest absolute Gasteiger partial charge is 0.243 e. The van der Waals surface area contributed by atoms with Crippen molar-refractivity contribution in [3.8, 4) is 0 Å². The van der Waals surface area contributed by atoms with Gasteiger partial charge in [0.1, 0.15) is 10.7 Å². The molecule has 0 unspecified atom stereocenters. The third-order valence-corrected chi connectivity index (χ3v) is 4.52. The summed E-state index contributed by atoms with van der Waals surface area (Å²) in [6.45, 7) is 3.29. The minimum absolute atomic E-state index is 0.0286. The molecule has 6 heteroatoms. The Morgan fingerprint density at radius 3 is 2.53 bits per heavy atom. The van der Waals surface area contributed by atoms with Gasteiger partial charge in [-0.25, -0.2) is 17.5 Å². The second-order valence-corrected chi connectivity index (χ2v) is 6.74. The minimum Gasteiger partial charge on any atom is -0.294 e. The van der Waals surface area contributed by atoms with E-state index in [0.29, 0.717) is 0 Å². The van der Waals surface area contributed by atoms with Crippen molar-refractivity contribution in [3.05, 3.63) is 29.6 Å². The summed E-state index contributed by atoms with van der Waals surface area (Å²) in [6, 6.07) is 3.16. The molecule has 0 aliphatic heterocycles. The number of benzene rings is 1. The molecule has 0 amide bonds. The molecule has 1 fully saturated rings. The summed E-state index contributed by atoms with van der Waals surface area (Å²) in [5, 5.41) is 0. The molecule has 19 heavy (non-hydrogen) atoms. The predicted molar refractivity (Wildman–Crippen MR) is 68.9 cm³/mol. The molecule has 104 valence electrons. The molecular formula is C13H16FNO3S. The molecule has 1 aromatic carbocycles. The molecule has 0 saturated heterocycles. The van der Waals surface area contributed by atoms with Crippen LogP contribution >= 0.6 is 0 Å². The number of halogens is 1. The van der Waals surface area contributed by atoms with Gasteiger partial charge in [0.05, 0.1) is 0 Å². The second kappa shape index (κ2) is 5.02. The van der Waals surface area contributed by atoms with Crippen molar-refractivity contribution >= 4 is 15.8 Å². The number of nitrogens with one attached hydrogen (secondary N) is 1. The van der Waals surface area contributed by atoms with Gasteiger partial charge >= 0.3 is 0 Å². The number of sulfonamides is 1. The summed E-state index contributed by atoms with van der Waals surface area (Å²) in [5.41, 5.74) is 0.257. The summed E-state index contributed by atoms with van der Waals surface area (Å²) in [5.74, 6) is -0.986. The summed E-state index contributed by atoms with van der Waals surface area (Å²) in [4.78, 5) is 11.4. The lowest BCUT2D eigenvalue weighted by Gasteiger charge is -2.11. The summed E-state index contributed by atoms with van der Waals surface area (Å²) < 4.78 is 39.9. The molecule has 1 aromatic rings. The Labute approximate surface area is 112 Å². The van der Waals surface area contributed by atoms with Crippen LogP contribution in [0.4, 0.5) is 4.39 Å². The lowest BCUT2D eigenvalue weighted by atomic mass is 10.1. The number of rotatable bonds is 5. The Kier molecular flexibility index (Phi) is 3.73. The molecular weight excluding hydrogens is 269 g/mol. The SMILES string of the molecule is CC(C)NS(=O)(=O)c1cc(C(=O)C2CC2)ccc1F. The molecule has 0 aromatic heterocycles. The molecule has 1 aliphatic carbocycles. The van der Waals surface area contributed by atoms with Crippen LogP contribution in [0.25, 0.3) is 0 Å². The van der Waals surface area contributed by atoms with Crippen LogP contribution in [0.5, 0.6) is 0 Å². The number of Topliss-reactive ketones (excluding diaryl/α,β-unsaturated/α-hetero) is 1. The molecule has 1 N–H and O–H groups in total. The number of hydrogen-bond acceptors (Lipinski definition) is 3. The molecule has 0 spiro atoms. The quantitative estimate of drug-likeness (QED) is 0.843. The van der Waals surface area contributed by atoms with E-state index >= 15 is 0 Å². The van der Waals surface area contributed by atoms with Gasteiger partial charge in [-0.15, -0.1) is 0 Å². The van der Waals surface area contributed by atoms with E-state index in [1.54, 1.807) is 13.8 Å². The van der Waals surface area contributed by atoms with E-state index in [1.165, 1.54) is 6.07 Å². The normalized spacial score (nSPS) is 15.8. The first kappa shape index (κ1) is 14.1. The highest BCUT2D eigenvalue weighted by atomic mass is 32.2. The van der Waals surface area contributed by atoms with Gasteiger partial charge in [0, 0.05) is 17.5 Å². The zero-order chi connectivity index (χ0) is 14.2. The van der Waals surface area contributed by atoms with Gasteiger partial charge in [0.2, 0.25) is 10.0 Å². The average Bonchev–Trinajstić information content (AvgIpc) is 3.10. The summed E-state index contributed by atoms with van der Waals surface area (Å²) in [7, 11) is -3.93. The van der Waals surface area contributed by atoms with E-state index in [0.717, 1.165) is 25.0 Å². The van der Waals surface area contributed by atoms with Gasteiger partial charge in [-0.2, -0.15) is 0 Å². The highest BCUT2D eigenvalue weighted by molar-refractivity contribution is 7.89. The summed E-state index contributed by atoms with van der Waals surface area (Å²) in [6.07, 6.45) is 1.64. The maximum absolute atomic E-state index is 13.7. The monoisotopic (exact) mass is 285 g/mol. The summed E-state index contributed by atoms with van der Waals surface area (Å²) >= 11 is 0. The lowest BCUT2D eigenvalue weighted by molar-refractivity contribution is 0.0967. The van der Waals surface area contributed by atoms with Gasteiger partial charge in [0.15, 0.2) is 5.78 Å². The van der Waals surface area contributed by atoms with Crippen LogP contribution in [0, 0.1) is 11.7 Å². The first-order chi connectivity index (χ1) is 8.81. The van der Waals surface area contributed by atoms with Crippen molar-refractivity contribution in [2.24, 2.45) is 5.92 Å². The van der Waals surface area contributed by atoms with Crippen LogP contribution in [-0.2, 0) is 10.0 Å². The number of carbonyl (C=O) groups excluding carboxylic acids is 1. The lowest BCUT2D eigenvalue weighted by Crippen LogP contribution is -2.31. The van der Waals surface area contributed by atoms with Crippen LogP contribution in [0.2, 0.25) is 0 Å². The van der Waals surface area contributed by atoms with Crippen molar-refractivity contribution < 1.29 is 17.6 Å². The maximum Gasteiger partial charge on any atom is 0.243 e. The van der Waals surface area contributed by atoms with Crippen LogP contribution < -0.4 is 4.72 Å². The number of hydrogen-bond donors (Lipinski definition) is 1. The molecule has 2 rings (SSSR count). The van der Waals surface area contributed by atoms with Gasteiger partial charge in [-0.05, 0) is 44.9 Å².